The van der Waals surface area contributed by atoms with E-state index < -0.39 is 5.60 Å². The van der Waals surface area contributed by atoms with Crippen molar-refractivity contribution in [2.45, 2.75) is 57.8 Å². The maximum absolute atomic E-state index is 11.8. The van der Waals surface area contributed by atoms with Crippen molar-refractivity contribution in [3.05, 3.63) is 30.3 Å². The van der Waals surface area contributed by atoms with Crippen molar-refractivity contribution in [1.82, 2.24) is 5.32 Å². The van der Waals surface area contributed by atoms with Gasteiger partial charge in [0.1, 0.15) is 17.5 Å². The van der Waals surface area contributed by atoms with Gasteiger partial charge in [0.25, 0.3) is 0 Å². The summed E-state index contributed by atoms with van der Waals surface area (Å²) in [5.41, 5.74) is -0.474. The molecule has 1 aliphatic carbocycles. The van der Waals surface area contributed by atoms with E-state index in [0.29, 0.717) is 0 Å². The van der Waals surface area contributed by atoms with Crippen LogP contribution in [0, 0.1) is 0 Å². The van der Waals surface area contributed by atoms with Gasteiger partial charge < -0.3 is 14.8 Å². The Morgan fingerprint density at radius 2 is 1.90 bits per heavy atom. The standard InChI is InChI=1S/C16H23NO3/c1-16(2,3)20-15(18)17-13-10-7-11-14(13)19-12-8-5-4-6-9-12/h4-6,8-9,13-14H,7,10-11H2,1-3H3,(H,17,18). The number of carbonyl (C=O) groups excluding carboxylic acids is 1. The van der Waals surface area contributed by atoms with E-state index in [1.165, 1.54) is 0 Å². The van der Waals surface area contributed by atoms with Crippen LogP contribution in [0.5, 0.6) is 5.75 Å². The van der Waals surface area contributed by atoms with Crippen LogP contribution in [0.3, 0.4) is 0 Å². The van der Waals surface area contributed by atoms with E-state index in [0.717, 1.165) is 25.0 Å². The number of amides is 1. The third-order valence-corrected chi connectivity index (χ3v) is 3.19. The number of carbonyl (C=O) groups is 1. The van der Waals surface area contributed by atoms with Crippen LogP contribution >= 0.6 is 0 Å². The topological polar surface area (TPSA) is 47.6 Å². The average Bonchev–Trinajstić information content (AvgIpc) is 2.75. The van der Waals surface area contributed by atoms with Crippen LogP contribution in [0.25, 0.3) is 0 Å². The smallest absolute Gasteiger partial charge is 0.408 e. The molecular formula is C16H23NO3. The van der Waals surface area contributed by atoms with Crippen LogP contribution in [0.4, 0.5) is 4.79 Å². The summed E-state index contributed by atoms with van der Waals surface area (Å²) >= 11 is 0. The maximum Gasteiger partial charge on any atom is 0.408 e. The first-order valence-electron chi connectivity index (χ1n) is 7.15. The molecule has 1 aromatic rings. The molecule has 2 atom stereocenters. The second kappa shape index (κ2) is 6.16. The van der Waals surface area contributed by atoms with Crippen LogP contribution in [0.2, 0.25) is 0 Å². The van der Waals surface area contributed by atoms with Crippen molar-refractivity contribution in [2.24, 2.45) is 0 Å². The lowest BCUT2D eigenvalue weighted by atomic mass is 10.2. The predicted octanol–water partition coefficient (Wildman–Crippen LogP) is 3.51. The van der Waals surface area contributed by atoms with Gasteiger partial charge in [0.15, 0.2) is 0 Å². The van der Waals surface area contributed by atoms with Gasteiger partial charge in [-0.15, -0.1) is 0 Å². The summed E-state index contributed by atoms with van der Waals surface area (Å²) < 4.78 is 11.2. The second-order valence-corrected chi connectivity index (χ2v) is 6.15. The highest BCUT2D eigenvalue weighted by Crippen LogP contribution is 2.25. The Kier molecular flexibility index (Phi) is 4.53. The van der Waals surface area contributed by atoms with Crippen LogP contribution in [-0.2, 0) is 4.74 Å². The summed E-state index contributed by atoms with van der Waals surface area (Å²) in [5, 5.41) is 2.92. The molecule has 0 bridgehead atoms. The Bertz CT molecular complexity index is 439. The fourth-order valence-corrected chi connectivity index (χ4v) is 2.36. The second-order valence-electron chi connectivity index (χ2n) is 6.15. The first-order valence-corrected chi connectivity index (χ1v) is 7.15. The highest BCUT2D eigenvalue weighted by atomic mass is 16.6. The zero-order chi connectivity index (χ0) is 14.6. The summed E-state index contributed by atoms with van der Waals surface area (Å²) in [6.07, 6.45) is 2.58. The van der Waals surface area contributed by atoms with Crippen LogP contribution in [0.15, 0.2) is 30.3 Å². The molecule has 1 N–H and O–H groups in total. The summed E-state index contributed by atoms with van der Waals surface area (Å²) in [6, 6.07) is 9.73. The molecule has 2 rings (SSSR count). The Balaban J connectivity index is 1.89. The molecule has 0 saturated heterocycles. The van der Waals surface area contributed by atoms with Crippen molar-refractivity contribution in [3.63, 3.8) is 0 Å². The Morgan fingerprint density at radius 3 is 2.55 bits per heavy atom. The number of ether oxygens (including phenoxy) is 2. The molecule has 0 heterocycles. The third-order valence-electron chi connectivity index (χ3n) is 3.19. The van der Waals surface area contributed by atoms with E-state index in [2.05, 4.69) is 5.32 Å². The van der Waals surface area contributed by atoms with Crippen molar-refractivity contribution in [2.75, 3.05) is 0 Å². The first kappa shape index (κ1) is 14.7. The molecule has 4 heteroatoms. The molecule has 0 aliphatic heterocycles. The molecule has 0 radical (unpaired) electrons. The van der Waals surface area contributed by atoms with Crippen molar-refractivity contribution >= 4 is 6.09 Å². The largest absolute Gasteiger partial charge is 0.488 e. The minimum Gasteiger partial charge on any atom is -0.488 e. The van der Waals surface area contributed by atoms with E-state index in [1.807, 2.05) is 51.1 Å². The van der Waals surface area contributed by atoms with E-state index in [-0.39, 0.29) is 18.2 Å². The number of hydrogen-bond donors (Lipinski definition) is 1. The predicted molar refractivity (Wildman–Crippen MR) is 77.9 cm³/mol. The monoisotopic (exact) mass is 277 g/mol. The normalized spacial score (nSPS) is 22.4. The molecule has 4 nitrogen and oxygen atoms in total. The van der Waals surface area contributed by atoms with Gasteiger partial charge in [-0.3, -0.25) is 0 Å². The molecule has 1 fully saturated rings. The quantitative estimate of drug-likeness (QED) is 0.919. The number of para-hydroxylation sites is 1. The number of rotatable bonds is 3. The lowest BCUT2D eigenvalue weighted by Gasteiger charge is -2.25. The van der Waals surface area contributed by atoms with Crippen molar-refractivity contribution < 1.29 is 14.3 Å². The van der Waals surface area contributed by atoms with Gasteiger partial charge in [-0.25, -0.2) is 4.79 Å². The fourth-order valence-electron chi connectivity index (χ4n) is 2.36. The molecule has 0 aromatic heterocycles. The fraction of sp³-hybridized carbons (Fsp3) is 0.562. The first-order chi connectivity index (χ1) is 9.44. The maximum atomic E-state index is 11.8. The Morgan fingerprint density at radius 1 is 1.20 bits per heavy atom. The van der Waals surface area contributed by atoms with E-state index in [9.17, 15) is 4.79 Å². The summed E-state index contributed by atoms with van der Waals surface area (Å²) in [7, 11) is 0. The number of benzene rings is 1. The van der Waals surface area contributed by atoms with Crippen LogP contribution in [0.1, 0.15) is 40.0 Å². The highest BCUT2D eigenvalue weighted by molar-refractivity contribution is 5.68. The van der Waals surface area contributed by atoms with E-state index in [1.54, 1.807) is 0 Å². The lowest BCUT2D eigenvalue weighted by Crippen LogP contribution is -2.44. The van der Waals surface area contributed by atoms with E-state index in [4.69, 9.17) is 9.47 Å². The zero-order valence-electron chi connectivity index (χ0n) is 12.4. The molecule has 2 unspecified atom stereocenters. The molecule has 1 aromatic carbocycles. The highest BCUT2D eigenvalue weighted by Gasteiger charge is 2.31. The average molecular weight is 277 g/mol. The molecule has 110 valence electrons. The molecule has 1 saturated carbocycles. The molecular weight excluding hydrogens is 254 g/mol. The van der Waals surface area contributed by atoms with Crippen molar-refractivity contribution in [3.8, 4) is 5.75 Å². The third kappa shape index (κ3) is 4.44. The number of hydrogen-bond acceptors (Lipinski definition) is 3. The van der Waals surface area contributed by atoms with Crippen LogP contribution < -0.4 is 10.1 Å². The molecule has 0 spiro atoms. The Labute approximate surface area is 120 Å². The van der Waals surface area contributed by atoms with Gasteiger partial charge >= 0.3 is 6.09 Å². The molecule has 1 aliphatic rings. The van der Waals surface area contributed by atoms with Gasteiger partial charge in [0.2, 0.25) is 0 Å². The Hall–Kier alpha value is -1.71. The van der Waals surface area contributed by atoms with Crippen LogP contribution in [-0.4, -0.2) is 23.8 Å². The minimum absolute atomic E-state index is 0.0184. The lowest BCUT2D eigenvalue weighted by molar-refractivity contribution is 0.0464. The number of nitrogens with one attached hydrogen (secondary N) is 1. The molecule has 1 amide bonds. The van der Waals surface area contributed by atoms with E-state index >= 15 is 0 Å². The SMILES string of the molecule is CC(C)(C)OC(=O)NC1CCCC1Oc1ccccc1. The number of alkyl carbamates (subject to hydrolysis) is 1. The van der Waals surface area contributed by atoms with Gasteiger partial charge in [-0.1, -0.05) is 18.2 Å². The minimum atomic E-state index is -0.474. The van der Waals surface area contributed by atoms with Gasteiger partial charge in [-0.2, -0.15) is 0 Å². The van der Waals surface area contributed by atoms with Crippen molar-refractivity contribution in [1.29, 1.82) is 0 Å². The van der Waals surface area contributed by atoms with Gasteiger partial charge in [-0.05, 0) is 52.2 Å². The summed E-state index contributed by atoms with van der Waals surface area (Å²) in [5.74, 6) is 0.843. The summed E-state index contributed by atoms with van der Waals surface area (Å²) in [6.45, 7) is 5.58. The van der Waals surface area contributed by atoms with Gasteiger partial charge in [0.05, 0.1) is 6.04 Å². The zero-order valence-corrected chi connectivity index (χ0v) is 12.4. The summed E-state index contributed by atoms with van der Waals surface area (Å²) in [4.78, 5) is 11.8. The molecule has 20 heavy (non-hydrogen) atoms. The van der Waals surface area contributed by atoms with Gasteiger partial charge in [0, 0.05) is 0 Å².